The SMILES string of the molecule is CN1C(=O)N(c2ccncc2)C2(CCNCC2C(C)(C)C)C1=O. The molecule has 2 atom stereocenters. The molecule has 1 aromatic rings. The van der Waals surface area contributed by atoms with Crippen molar-refractivity contribution in [1.29, 1.82) is 0 Å². The third-order valence-electron chi connectivity index (χ3n) is 5.13. The molecule has 6 heteroatoms. The molecule has 2 saturated heterocycles. The molecule has 0 radical (unpaired) electrons. The molecule has 1 aromatic heterocycles. The van der Waals surface area contributed by atoms with Crippen LogP contribution in [0.5, 0.6) is 0 Å². The Kier molecular flexibility index (Phi) is 3.67. The van der Waals surface area contributed by atoms with Gasteiger partial charge in [0.2, 0.25) is 0 Å². The Labute approximate surface area is 136 Å². The summed E-state index contributed by atoms with van der Waals surface area (Å²) in [5.74, 6) is -0.0703. The van der Waals surface area contributed by atoms with Gasteiger partial charge in [0.25, 0.3) is 5.91 Å². The minimum absolute atomic E-state index is 0.0262. The van der Waals surface area contributed by atoms with E-state index in [1.807, 2.05) is 0 Å². The van der Waals surface area contributed by atoms with Crippen LogP contribution in [-0.4, -0.2) is 47.5 Å². The summed E-state index contributed by atoms with van der Waals surface area (Å²) < 4.78 is 0. The summed E-state index contributed by atoms with van der Waals surface area (Å²) in [7, 11) is 1.58. The Hall–Kier alpha value is -1.95. The zero-order valence-electron chi connectivity index (χ0n) is 14.2. The second-order valence-corrected chi connectivity index (χ2v) is 7.48. The zero-order chi connectivity index (χ0) is 16.8. The van der Waals surface area contributed by atoms with Crippen LogP contribution in [0.15, 0.2) is 24.5 Å². The minimum Gasteiger partial charge on any atom is -0.316 e. The third-order valence-corrected chi connectivity index (χ3v) is 5.13. The molecule has 0 aliphatic carbocycles. The summed E-state index contributed by atoms with van der Waals surface area (Å²) in [6, 6.07) is 3.35. The van der Waals surface area contributed by atoms with E-state index in [2.05, 4.69) is 31.1 Å². The van der Waals surface area contributed by atoms with E-state index in [1.165, 1.54) is 4.90 Å². The van der Waals surface area contributed by atoms with Gasteiger partial charge in [-0.25, -0.2) is 4.79 Å². The third kappa shape index (κ3) is 2.24. The maximum atomic E-state index is 13.2. The number of likely N-dealkylation sites (N-methyl/N-ethyl adjacent to an activating group) is 1. The number of pyridine rings is 1. The molecule has 23 heavy (non-hydrogen) atoms. The van der Waals surface area contributed by atoms with Crippen LogP contribution in [0.3, 0.4) is 0 Å². The number of piperidine rings is 1. The lowest BCUT2D eigenvalue weighted by Gasteiger charge is -2.50. The van der Waals surface area contributed by atoms with Crippen LogP contribution < -0.4 is 10.2 Å². The van der Waals surface area contributed by atoms with Crippen molar-refractivity contribution >= 4 is 17.6 Å². The molecule has 0 bridgehead atoms. The van der Waals surface area contributed by atoms with Crippen LogP contribution in [0, 0.1) is 11.3 Å². The lowest BCUT2D eigenvalue weighted by Crippen LogP contribution is -2.65. The van der Waals surface area contributed by atoms with Crippen LogP contribution >= 0.6 is 0 Å². The number of urea groups is 1. The fourth-order valence-corrected chi connectivity index (χ4v) is 4.04. The number of hydrogen-bond donors (Lipinski definition) is 1. The topological polar surface area (TPSA) is 65.5 Å². The van der Waals surface area contributed by atoms with E-state index >= 15 is 0 Å². The van der Waals surface area contributed by atoms with Crippen molar-refractivity contribution in [1.82, 2.24) is 15.2 Å². The number of anilines is 1. The summed E-state index contributed by atoms with van der Waals surface area (Å²) in [6.07, 6.45) is 3.94. The summed E-state index contributed by atoms with van der Waals surface area (Å²) in [5.41, 5.74) is -0.199. The Morgan fingerprint density at radius 1 is 1.26 bits per heavy atom. The molecule has 124 valence electrons. The van der Waals surface area contributed by atoms with Gasteiger partial charge in [-0.3, -0.25) is 19.6 Å². The lowest BCUT2D eigenvalue weighted by atomic mass is 9.65. The zero-order valence-corrected chi connectivity index (χ0v) is 14.2. The summed E-state index contributed by atoms with van der Waals surface area (Å²) >= 11 is 0. The van der Waals surface area contributed by atoms with E-state index < -0.39 is 5.54 Å². The molecule has 3 heterocycles. The number of imide groups is 1. The number of nitrogens with one attached hydrogen (secondary N) is 1. The number of nitrogens with zero attached hydrogens (tertiary/aromatic N) is 3. The number of carbonyl (C=O) groups excluding carboxylic acids is 2. The molecule has 3 amide bonds. The molecule has 2 fully saturated rings. The number of carbonyl (C=O) groups is 2. The largest absolute Gasteiger partial charge is 0.331 e. The van der Waals surface area contributed by atoms with Gasteiger partial charge in [-0.1, -0.05) is 20.8 Å². The second-order valence-electron chi connectivity index (χ2n) is 7.48. The molecule has 1 N–H and O–H groups in total. The lowest BCUT2D eigenvalue weighted by molar-refractivity contribution is -0.134. The molecule has 2 aliphatic rings. The van der Waals surface area contributed by atoms with Gasteiger partial charge >= 0.3 is 6.03 Å². The molecular weight excluding hydrogens is 292 g/mol. The average molecular weight is 316 g/mol. The summed E-state index contributed by atoms with van der Waals surface area (Å²) in [4.78, 5) is 33.0. The smallest absolute Gasteiger partial charge is 0.316 e. The van der Waals surface area contributed by atoms with Gasteiger partial charge in [-0.05, 0) is 30.5 Å². The first-order valence-electron chi connectivity index (χ1n) is 8.03. The first-order valence-corrected chi connectivity index (χ1v) is 8.03. The highest BCUT2D eigenvalue weighted by atomic mass is 16.2. The van der Waals surface area contributed by atoms with Crippen LogP contribution in [0.2, 0.25) is 0 Å². The minimum atomic E-state index is -0.823. The Bertz CT molecular complexity index is 625. The van der Waals surface area contributed by atoms with Crippen molar-refractivity contribution in [3.8, 4) is 0 Å². The van der Waals surface area contributed by atoms with E-state index in [1.54, 1.807) is 36.5 Å². The molecule has 3 rings (SSSR count). The van der Waals surface area contributed by atoms with E-state index in [0.717, 1.165) is 18.8 Å². The monoisotopic (exact) mass is 316 g/mol. The van der Waals surface area contributed by atoms with Crippen LogP contribution in [-0.2, 0) is 4.79 Å². The Morgan fingerprint density at radius 2 is 1.91 bits per heavy atom. The highest BCUT2D eigenvalue weighted by molar-refractivity contribution is 6.17. The molecule has 0 aromatic carbocycles. The van der Waals surface area contributed by atoms with Crippen LogP contribution in [0.1, 0.15) is 27.2 Å². The van der Waals surface area contributed by atoms with Gasteiger partial charge in [0, 0.05) is 37.6 Å². The summed E-state index contributed by atoms with van der Waals surface area (Å²) in [6.45, 7) is 7.84. The van der Waals surface area contributed by atoms with Crippen molar-refractivity contribution in [2.24, 2.45) is 11.3 Å². The van der Waals surface area contributed by atoms with Crippen LogP contribution in [0.4, 0.5) is 10.5 Å². The van der Waals surface area contributed by atoms with Crippen molar-refractivity contribution in [3.05, 3.63) is 24.5 Å². The maximum Gasteiger partial charge on any atom is 0.331 e. The first kappa shape index (κ1) is 15.9. The Morgan fingerprint density at radius 3 is 2.52 bits per heavy atom. The van der Waals surface area contributed by atoms with E-state index in [9.17, 15) is 9.59 Å². The average Bonchev–Trinajstić information content (AvgIpc) is 2.70. The first-order chi connectivity index (χ1) is 10.8. The second kappa shape index (κ2) is 5.30. The predicted molar refractivity (Wildman–Crippen MR) is 88.0 cm³/mol. The van der Waals surface area contributed by atoms with Crippen molar-refractivity contribution in [3.63, 3.8) is 0 Å². The molecular formula is C17H24N4O2. The normalized spacial score (nSPS) is 28.8. The van der Waals surface area contributed by atoms with Gasteiger partial charge in [-0.2, -0.15) is 0 Å². The predicted octanol–water partition coefficient (Wildman–Crippen LogP) is 1.87. The number of aromatic nitrogens is 1. The molecule has 0 saturated carbocycles. The van der Waals surface area contributed by atoms with Crippen molar-refractivity contribution in [2.75, 3.05) is 25.0 Å². The number of rotatable bonds is 1. The van der Waals surface area contributed by atoms with E-state index in [4.69, 9.17) is 0 Å². The van der Waals surface area contributed by atoms with Gasteiger partial charge in [0.05, 0.1) is 0 Å². The quantitative estimate of drug-likeness (QED) is 0.803. The van der Waals surface area contributed by atoms with Gasteiger partial charge < -0.3 is 5.32 Å². The molecule has 2 unspecified atom stereocenters. The van der Waals surface area contributed by atoms with Gasteiger partial charge in [0.15, 0.2) is 0 Å². The maximum absolute atomic E-state index is 13.2. The molecule has 2 aliphatic heterocycles. The molecule has 1 spiro atoms. The van der Waals surface area contributed by atoms with Crippen LogP contribution in [0.25, 0.3) is 0 Å². The highest BCUT2D eigenvalue weighted by Crippen LogP contribution is 2.47. The fourth-order valence-electron chi connectivity index (χ4n) is 4.04. The fraction of sp³-hybridized carbons (Fsp3) is 0.588. The highest BCUT2D eigenvalue weighted by Gasteiger charge is 2.63. The van der Waals surface area contributed by atoms with E-state index in [-0.39, 0.29) is 23.3 Å². The van der Waals surface area contributed by atoms with Gasteiger partial charge in [-0.15, -0.1) is 0 Å². The standard InChI is InChI=1S/C17H24N4O2/c1-16(2,3)13-11-19-10-7-17(13)14(22)20(4)15(23)21(17)12-5-8-18-9-6-12/h5-6,8-9,13,19H,7,10-11H2,1-4H3. The Balaban J connectivity index is 2.19. The number of hydrogen-bond acceptors (Lipinski definition) is 4. The van der Waals surface area contributed by atoms with Gasteiger partial charge in [0.1, 0.15) is 5.54 Å². The van der Waals surface area contributed by atoms with Crippen molar-refractivity contribution < 1.29 is 9.59 Å². The van der Waals surface area contributed by atoms with E-state index in [0.29, 0.717) is 6.42 Å². The molecule has 6 nitrogen and oxygen atoms in total. The summed E-state index contributed by atoms with van der Waals surface area (Å²) in [5, 5.41) is 3.39. The van der Waals surface area contributed by atoms with Crippen molar-refractivity contribution in [2.45, 2.75) is 32.7 Å². The number of amides is 3.